The van der Waals surface area contributed by atoms with Gasteiger partial charge in [0.2, 0.25) is 0 Å². The van der Waals surface area contributed by atoms with E-state index in [0.717, 1.165) is 0 Å². The molecule has 0 atom stereocenters. The van der Waals surface area contributed by atoms with Crippen LogP contribution in [0.15, 0.2) is 18.3 Å². The van der Waals surface area contributed by atoms with Gasteiger partial charge < -0.3 is 0 Å². The third-order valence-electron chi connectivity index (χ3n) is 2.44. The Bertz CT molecular complexity index is 594. The molecule has 0 aromatic carbocycles. The molecular weight excluding hydrogens is 245 g/mol. The summed E-state index contributed by atoms with van der Waals surface area (Å²) in [5, 5.41) is 13.4. The third-order valence-corrected chi connectivity index (χ3v) is 2.44. The lowest BCUT2D eigenvalue weighted by atomic mass is 10.3. The first-order valence-corrected chi connectivity index (χ1v) is 5.29. The van der Waals surface area contributed by atoms with Crippen LogP contribution in [-0.2, 0) is 6.54 Å². The van der Waals surface area contributed by atoms with E-state index in [1.807, 2.05) is 6.07 Å². The summed E-state index contributed by atoms with van der Waals surface area (Å²) in [5.74, 6) is 0. The lowest BCUT2D eigenvalue weighted by molar-refractivity contribution is -0.135. The average molecular weight is 254 g/mol. The highest BCUT2D eigenvalue weighted by Crippen LogP contribution is 2.22. The summed E-state index contributed by atoms with van der Waals surface area (Å²) >= 11 is 0. The van der Waals surface area contributed by atoms with Crippen LogP contribution in [0.25, 0.3) is 11.0 Å². The van der Waals surface area contributed by atoms with Crippen LogP contribution in [0.3, 0.4) is 0 Å². The fourth-order valence-corrected chi connectivity index (χ4v) is 1.68. The Morgan fingerprint density at radius 3 is 2.83 bits per heavy atom. The number of halogens is 3. The smallest absolute Gasteiger partial charge is 0.246 e. The van der Waals surface area contributed by atoms with Gasteiger partial charge in [-0.1, -0.05) is 0 Å². The molecule has 2 aromatic heterocycles. The molecule has 18 heavy (non-hydrogen) atoms. The molecule has 2 aromatic rings. The number of rotatable bonds is 3. The monoisotopic (exact) mass is 254 g/mol. The minimum absolute atomic E-state index is 0.0816. The van der Waals surface area contributed by atoms with Crippen molar-refractivity contribution in [2.24, 2.45) is 0 Å². The minimum atomic E-state index is -4.17. The molecule has 0 saturated heterocycles. The highest BCUT2D eigenvalue weighted by molar-refractivity contribution is 5.80. The van der Waals surface area contributed by atoms with Crippen molar-refractivity contribution in [1.82, 2.24) is 14.8 Å². The van der Waals surface area contributed by atoms with Crippen LogP contribution in [0, 0.1) is 11.3 Å². The summed E-state index contributed by atoms with van der Waals surface area (Å²) in [4.78, 5) is 4.03. The molecule has 0 unspecified atom stereocenters. The standard InChI is InChI=1S/C11H9F3N4/c12-11(13,14)4-2-6-18-10-8(3-1-5-16-10)9(7-15)17-18/h1,3,5H,2,4,6H2. The van der Waals surface area contributed by atoms with Crippen LogP contribution in [0.2, 0.25) is 0 Å². The molecule has 0 fully saturated rings. The second-order valence-electron chi connectivity index (χ2n) is 3.78. The van der Waals surface area contributed by atoms with E-state index in [4.69, 9.17) is 5.26 Å². The maximum atomic E-state index is 12.0. The van der Waals surface area contributed by atoms with Gasteiger partial charge in [0, 0.05) is 19.2 Å². The van der Waals surface area contributed by atoms with Crippen molar-refractivity contribution in [2.75, 3.05) is 0 Å². The van der Waals surface area contributed by atoms with E-state index >= 15 is 0 Å². The Kier molecular flexibility index (Phi) is 3.19. The first kappa shape index (κ1) is 12.4. The van der Waals surface area contributed by atoms with E-state index in [1.165, 1.54) is 10.9 Å². The summed E-state index contributed by atoms with van der Waals surface area (Å²) in [5.41, 5.74) is 0.626. The molecule has 2 heterocycles. The zero-order chi connectivity index (χ0) is 13.2. The average Bonchev–Trinajstić information content (AvgIpc) is 2.66. The Labute approximate surface area is 101 Å². The Balaban J connectivity index is 2.21. The molecule has 0 radical (unpaired) electrons. The van der Waals surface area contributed by atoms with Crippen molar-refractivity contribution >= 4 is 11.0 Å². The van der Waals surface area contributed by atoms with Gasteiger partial charge in [-0.25, -0.2) is 9.67 Å². The number of nitriles is 1. The van der Waals surface area contributed by atoms with Crippen LogP contribution < -0.4 is 0 Å². The maximum Gasteiger partial charge on any atom is 0.389 e. The van der Waals surface area contributed by atoms with E-state index in [2.05, 4.69) is 10.1 Å². The Morgan fingerprint density at radius 2 is 2.17 bits per heavy atom. The predicted molar refractivity (Wildman–Crippen MR) is 57.5 cm³/mol. The molecule has 0 aliphatic rings. The molecule has 0 amide bonds. The van der Waals surface area contributed by atoms with Crippen LogP contribution in [0.1, 0.15) is 18.5 Å². The number of aryl methyl sites for hydroxylation is 1. The van der Waals surface area contributed by atoms with Gasteiger partial charge in [-0.05, 0) is 18.6 Å². The minimum Gasteiger partial charge on any atom is -0.246 e. The van der Waals surface area contributed by atoms with E-state index in [-0.39, 0.29) is 18.7 Å². The van der Waals surface area contributed by atoms with Crippen LogP contribution in [0.5, 0.6) is 0 Å². The number of alkyl halides is 3. The van der Waals surface area contributed by atoms with Crippen molar-refractivity contribution in [2.45, 2.75) is 25.6 Å². The zero-order valence-electron chi connectivity index (χ0n) is 9.28. The molecule has 0 aliphatic carbocycles. The van der Waals surface area contributed by atoms with E-state index in [9.17, 15) is 13.2 Å². The van der Waals surface area contributed by atoms with E-state index < -0.39 is 12.6 Å². The first-order valence-electron chi connectivity index (χ1n) is 5.29. The molecule has 7 heteroatoms. The Hall–Kier alpha value is -2.10. The number of nitrogens with zero attached hydrogens (tertiary/aromatic N) is 4. The van der Waals surface area contributed by atoms with Gasteiger partial charge in [-0.2, -0.15) is 23.5 Å². The molecule has 0 saturated carbocycles. The van der Waals surface area contributed by atoms with Gasteiger partial charge >= 0.3 is 6.18 Å². The van der Waals surface area contributed by atoms with Crippen molar-refractivity contribution in [3.63, 3.8) is 0 Å². The molecule has 2 rings (SSSR count). The quantitative estimate of drug-likeness (QED) is 0.846. The maximum absolute atomic E-state index is 12.0. The number of fused-ring (bicyclic) bond motifs is 1. The fourth-order valence-electron chi connectivity index (χ4n) is 1.68. The second-order valence-corrected chi connectivity index (χ2v) is 3.78. The normalized spacial score (nSPS) is 11.7. The molecule has 0 N–H and O–H groups in total. The molecule has 94 valence electrons. The second kappa shape index (κ2) is 4.64. The molecular formula is C11H9F3N4. The largest absolute Gasteiger partial charge is 0.389 e. The first-order chi connectivity index (χ1) is 8.51. The van der Waals surface area contributed by atoms with Crippen LogP contribution >= 0.6 is 0 Å². The summed E-state index contributed by atoms with van der Waals surface area (Å²) in [6, 6.07) is 5.24. The van der Waals surface area contributed by atoms with Gasteiger partial charge in [-0.3, -0.25) is 0 Å². The van der Waals surface area contributed by atoms with Crippen LogP contribution in [0.4, 0.5) is 13.2 Å². The van der Waals surface area contributed by atoms with Crippen LogP contribution in [-0.4, -0.2) is 20.9 Å². The van der Waals surface area contributed by atoms with Gasteiger partial charge in [0.15, 0.2) is 11.3 Å². The van der Waals surface area contributed by atoms with Crippen molar-refractivity contribution in [1.29, 1.82) is 5.26 Å². The molecule has 0 bridgehead atoms. The number of aromatic nitrogens is 3. The van der Waals surface area contributed by atoms with Gasteiger partial charge in [0.05, 0.1) is 5.39 Å². The zero-order valence-corrected chi connectivity index (χ0v) is 9.28. The lowest BCUT2D eigenvalue weighted by Crippen LogP contribution is -2.10. The van der Waals surface area contributed by atoms with Gasteiger partial charge in [0.1, 0.15) is 6.07 Å². The lowest BCUT2D eigenvalue weighted by Gasteiger charge is -2.06. The SMILES string of the molecule is N#Cc1nn(CCCC(F)(F)F)c2ncccc12. The highest BCUT2D eigenvalue weighted by atomic mass is 19.4. The van der Waals surface area contributed by atoms with Gasteiger partial charge in [-0.15, -0.1) is 0 Å². The van der Waals surface area contributed by atoms with Crippen molar-refractivity contribution < 1.29 is 13.2 Å². The Morgan fingerprint density at radius 1 is 1.39 bits per heavy atom. The summed E-state index contributed by atoms with van der Waals surface area (Å²) < 4.78 is 37.5. The number of pyridine rings is 1. The third kappa shape index (κ3) is 2.59. The number of hydrogen-bond donors (Lipinski definition) is 0. The number of hydrogen-bond acceptors (Lipinski definition) is 3. The van der Waals surface area contributed by atoms with Gasteiger partial charge in [0.25, 0.3) is 0 Å². The van der Waals surface area contributed by atoms with Crippen molar-refractivity contribution in [3.05, 3.63) is 24.0 Å². The molecule has 4 nitrogen and oxygen atoms in total. The van der Waals surface area contributed by atoms with E-state index in [1.54, 1.807) is 12.1 Å². The molecule has 0 aliphatic heterocycles. The summed E-state index contributed by atoms with van der Waals surface area (Å²) in [6.45, 7) is 0.0920. The molecule has 0 spiro atoms. The van der Waals surface area contributed by atoms with E-state index in [0.29, 0.717) is 11.0 Å². The van der Waals surface area contributed by atoms with Crippen molar-refractivity contribution in [3.8, 4) is 6.07 Å². The fraction of sp³-hybridized carbons (Fsp3) is 0.364. The summed E-state index contributed by atoms with van der Waals surface area (Å²) in [6.07, 6.45) is -3.61. The highest BCUT2D eigenvalue weighted by Gasteiger charge is 2.26. The summed E-state index contributed by atoms with van der Waals surface area (Å²) in [7, 11) is 0. The predicted octanol–water partition coefficient (Wildman–Crippen LogP) is 2.65. The topological polar surface area (TPSA) is 54.5 Å².